The minimum absolute atomic E-state index is 0.116. The van der Waals surface area contributed by atoms with Gasteiger partial charge in [-0.2, -0.15) is 0 Å². The van der Waals surface area contributed by atoms with Crippen LogP contribution in [0.25, 0.3) is 0 Å². The van der Waals surface area contributed by atoms with E-state index in [1.807, 2.05) is 4.72 Å². The van der Waals surface area contributed by atoms with Crippen LogP contribution in [0.5, 0.6) is 0 Å². The lowest BCUT2D eigenvalue weighted by molar-refractivity contribution is 0.0693. The number of halogens is 1. The Morgan fingerprint density at radius 2 is 2.10 bits per heavy atom. The van der Waals surface area contributed by atoms with Gasteiger partial charge in [0.15, 0.2) is 4.21 Å². The van der Waals surface area contributed by atoms with E-state index in [2.05, 4.69) is 4.98 Å². The molecule has 0 spiro atoms. The van der Waals surface area contributed by atoms with E-state index in [4.69, 9.17) is 5.11 Å². The fourth-order valence-corrected chi connectivity index (χ4v) is 4.04. The lowest BCUT2D eigenvalue weighted by Gasteiger charge is -2.10. The summed E-state index contributed by atoms with van der Waals surface area (Å²) in [6, 6.07) is 3.20. The van der Waals surface area contributed by atoms with Crippen LogP contribution in [0.15, 0.2) is 27.2 Å². The van der Waals surface area contributed by atoms with Crippen LogP contribution in [0.3, 0.4) is 0 Å². The number of aryl methyl sites for hydroxylation is 1. The van der Waals surface area contributed by atoms with Gasteiger partial charge in [-0.15, -0.1) is 0 Å². The summed E-state index contributed by atoms with van der Waals surface area (Å²) >= 11 is 0.456. The minimum Gasteiger partial charge on any atom is -0.478 e. The molecule has 1 aromatic heterocycles. The van der Waals surface area contributed by atoms with Crippen LogP contribution < -0.4 is 9.60 Å². The zero-order valence-corrected chi connectivity index (χ0v) is 12.1. The molecule has 1 aromatic carbocycles. The maximum atomic E-state index is 13.5. The first-order valence-corrected chi connectivity index (χ1v) is 7.76. The summed E-state index contributed by atoms with van der Waals surface area (Å²) in [7, 11) is -4.19. The lowest BCUT2D eigenvalue weighted by Crippen LogP contribution is -2.16. The molecule has 0 atom stereocenters. The fourth-order valence-electron chi connectivity index (χ4n) is 1.66. The van der Waals surface area contributed by atoms with Crippen LogP contribution in [-0.2, 0) is 10.0 Å². The Morgan fingerprint density at radius 1 is 1.43 bits per heavy atom. The van der Waals surface area contributed by atoms with E-state index in [0.29, 0.717) is 11.3 Å². The Labute approximate surface area is 122 Å². The molecule has 0 aliphatic heterocycles. The number of hydrogen-bond acceptors (Lipinski definition) is 5. The summed E-state index contributed by atoms with van der Waals surface area (Å²) in [6.45, 7) is 1.39. The van der Waals surface area contributed by atoms with Crippen molar-refractivity contribution >= 4 is 33.0 Å². The van der Waals surface area contributed by atoms with Crippen molar-refractivity contribution in [3.05, 3.63) is 44.9 Å². The van der Waals surface area contributed by atoms with Crippen molar-refractivity contribution in [3.63, 3.8) is 0 Å². The molecule has 0 saturated carbocycles. The number of aromatic nitrogens is 1. The largest absolute Gasteiger partial charge is 0.478 e. The number of carboxylic acid groups (broad SMARTS) is 1. The number of thiazole rings is 1. The number of carbonyl (C=O) groups is 1. The van der Waals surface area contributed by atoms with Crippen molar-refractivity contribution in [1.82, 2.24) is 4.98 Å². The number of nitrogens with one attached hydrogen (secondary N) is 2. The maximum Gasteiger partial charge on any atom is 0.340 e. The van der Waals surface area contributed by atoms with Gasteiger partial charge in [0, 0.05) is 5.69 Å². The first-order valence-electron chi connectivity index (χ1n) is 5.46. The maximum absolute atomic E-state index is 13.5. The zero-order valence-electron chi connectivity index (χ0n) is 10.5. The quantitative estimate of drug-likeness (QED) is 0.782. The van der Waals surface area contributed by atoms with Crippen molar-refractivity contribution in [2.24, 2.45) is 0 Å². The van der Waals surface area contributed by atoms with Crippen LogP contribution in [0.4, 0.5) is 10.1 Å². The van der Waals surface area contributed by atoms with Crippen molar-refractivity contribution in [2.75, 3.05) is 4.72 Å². The van der Waals surface area contributed by atoms with Crippen molar-refractivity contribution in [2.45, 2.75) is 11.1 Å². The normalized spacial score (nSPS) is 11.3. The van der Waals surface area contributed by atoms with Gasteiger partial charge in [0.1, 0.15) is 11.4 Å². The number of anilines is 1. The predicted octanol–water partition coefficient (Wildman–Crippen LogP) is 1.38. The topological polar surface area (TPSA) is 116 Å². The lowest BCUT2D eigenvalue weighted by atomic mass is 10.2. The number of sulfonamides is 1. The molecule has 0 amide bonds. The predicted molar refractivity (Wildman–Crippen MR) is 73.8 cm³/mol. The molecule has 7 nitrogen and oxygen atoms in total. The van der Waals surface area contributed by atoms with Gasteiger partial charge in [-0.25, -0.2) is 17.6 Å². The molecule has 1 heterocycles. The summed E-state index contributed by atoms with van der Waals surface area (Å²) in [5.74, 6) is -2.67. The Bertz CT molecular complexity index is 869. The molecule has 3 N–H and O–H groups in total. The van der Waals surface area contributed by atoms with Crippen molar-refractivity contribution < 1.29 is 22.7 Å². The molecule has 0 saturated heterocycles. The summed E-state index contributed by atoms with van der Waals surface area (Å²) in [6.07, 6.45) is 0. The molecular formula is C11H9FN2O5S2. The Kier molecular flexibility index (Phi) is 3.83. The second-order valence-corrected chi connectivity index (χ2v) is 6.86. The second-order valence-electron chi connectivity index (χ2n) is 4.00. The van der Waals surface area contributed by atoms with E-state index in [0.717, 1.165) is 12.1 Å². The van der Waals surface area contributed by atoms with Gasteiger partial charge in [-0.05, 0) is 19.1 Å². The number of carboxylic acids is 1. The van der Waals surface area contributed by atoms with Gasteiger partial charge in [0.05, 0.1) is 5.69 Å². The SMILES string of the molecule is Cc1[nH]c(=O)sc1S(=O)(=O)Nc1cccc(F)c1C(=O)O. The van der Waals surface area contributed by atoms with Crippen LogP contribution in [0.1, 0.15) is 16.1 Å². The number of rotatable bonds is 4. The molecule has 0 aliphatic rings. The number of benzene rings is 1. The molecule has 0 unspecified atom stereocenters. The Hall–Kier alpha value is -2.20. The third-order valence-electron chi connectivity index (χ3n) is 2.50. The van der Waals surface area contributed by atoms with Gasteiger partial charge in [0.25, 0.3) is 10.0 Å². The number of aromatic carboxylic acids is 1. The van der Waals surface area contributed by atoms with E-state index in [-0.39, 0.29) is 9.90 Å². The van der Waals surface area contributed by atoms with Gasteiger partial charge < -0.3 is 10.1 Å². The highest BCUT2D eigenvalue weighted by Gasteiger charge is 2.24. The minimum atomic E-state index is -4.19. The summed E-state index contributed by atoms with van der Waals surface area (Å²) in [5, 5.41) is 8.94. The van der Waals surface area contributed by atoms with E-state index in [1.165, 1.54) is 13.0 Å². The molecule has 112 valence electrons. The zero-order chi connectivity index (χ0) is 15.8. The van der Waals surface area contributed by atoms with Crippen molar-refractivity contribution in [3.8, 4) is 0 Å². The standard InChI is InChI=1S/C11H9FN2O5S2/c1-5-10(20-11(17)13-5)21(18,19)14-7-4-2-3-6(12)8(7)9(15)16/h2-4,14H,1H3,(H,13,17)(H,15,16). The van der Waals surface area contributed by atoms with Gasteiger partial charge in [-0.1, -0.05) is 17.4 Å². The summed E-state index contributed by atoms with van der Waals surface area (Å²) in [4.78, 5) is 23.9. The first-order chi connectivity index (χ1) is 9.72. The molecule has 0 fully saturated rings. The molecule has 2 aromatic rings. The summed E-state index contributed by atoms with van der Waals surface area (Å²) < 4.78 is 39.5. The average Bonchev–Trinajstić information content (AvgIpc) is 2.68. The van der Waals surface area contributed by atoms with Crippen molar-refractivity contribution in [1.29, 1.82) is 0 Å². The molecule has 0 radical (unpaired) electrons. The third kappa shape index (κ3) is 2.95. The molecule has 2 rings (SSSR count). The van der Waals surface area contributed by atoms with Crippen LogP contribution >= 0.6 is 11.3 Å². The molecule has 0 bridgehead atoms. The highest BCUT2D eigenvalue weighted by Crippen LogP contribution is 2.24. The van der Waals surface area contributed by atoms with Crippen LogP contribution in [0.2, 0.25) is 0 Å². The molecular weight excluding hydrogens is 323 g/mol. The Balaban J connectivity index is 2.52. The van der Waals surface area contributed by atoms with Gasteiger partial charge >= 0.3 is 10.8 Å². The highest BCUT2D eigenvalue weighted by molar-refractivity contribution is 7.94. The highest BCUT2D eigenvalue weighted by atomic mass is 32.2. The number of aromatic amines is 1. The second kappa shape index (κ2) is 5.30. The number of H-pyrrole nitrogens is 1. The van der Waals surface area contributed by atoms with Gasteiger partial charge in [0.2, 0.25) is 0 Å². The molecule has 10 heteroatoms. The third-order valence-corrected chi connectivity index (χ3v) is 5.47. The van der Waals surface area contributed by atoms with Gasteiger partial charge in [-0.3, -0.25) is 9.52 Å². The van der Waals surface area contributed by atoms with E-state index in [1.54, 1.807) is 0 Å². The first kappa shape index (κ1) is 15.2. The molecule has 0 aliphatic carbocycles. The molecule has 21 heavy (non-hydrogen) atoms. The van der Waals surface area contributed by atoms with Crippen LogP contribution in [0, 0.1) is 12.7 Å². The summed E-state index contributed by atoms with van der Waals surface area (Å²) in [5.41, 5.74) is -1.09. The van der Waals surface area contributed by atoms with E-state index >= 15 is 0 Å². The number of hydrogen-bond donors (Lipinski definition) is 3. The fraction of sp³-hybridized carbons (Fsp3) is 0.0909. The van der Waals surface area contributed by atoms with Crippen LogP contribution in [-0.4, -0.2) is 24.5 Å². The van der Waals surface area contributed by atoms with E-state index < -0.39 is 37.9 Å². The Morgan fingerprint density at radius 3 is 2.62 bits per heavy atom. The average molecular weight is 332 g/mol. The monoisotopic (exact) mass is 332 g/mol. The smallest absolute Gasteiger partial charge is 0.340 e. The van der Waals surface area contributed by atoms with E-state index in [9.17, 15) is 22.4 Å².